The van der Waals surface area contributed by atoms with Gasteiger partial charge in [0.2, 0.25) is 11.8 Å². The van der Waals surface area contributed by atoms with Crippen molar-refractivity contribution in [3.05, 3.63) is 52.4 Å². The van der Waals surface area contributed by atoms with Crippen molar-refractivity contribution in [3.8, 4) is 0 Å². The second-order valence-corrected chi connectivity index (χ2v) is 7.76. The number of nitrogens with two attached hydrogens (primary N) is 1. The van der Waals surface area contributed by atoms with E-state index in [4.69, 9.17) is 17.3 Å². The van der Waals surface area contributed by atoms with Gasteiger partial charge in [-0.05, 0) is 43.7 Å². The van der Waals surface area contributed by atoms with E-state index in [1.54, 1.807) is 0 Å². The van der Waals surface area contributed by atoms with Crippen LogP contribution in [-0.2, 0) is 15.8 Å². The summed E-state index contributed by atoms with van der Waals surface area (Å²) in [5.74, 6) is -2.69. The minimum absolute atomic E-state index is 0.00437. The summed E-state index contributed by atoms with van der Waals surface area (Å²) < 4.78 is 53.3. The molecule has 2 aromatic rings. The number of pyridine rings is 1. The number of anilines is 2. The van der Waals surface area contributed by atoms with Crippen LogP contribution in [0.3, 0.4) is 0 Å². The Morgan fingerprint density at radius 1 is 1.26 bits per heavy atom. The molecule has 0 radical (unpaired) electrons. The molecule has 31 heavy (non-hydrogen) atoms. The summed E-state index contributed by atoms with van der Waals surface area (Å²) in [6.45, 7) is 1.35. The van der Waals surface area contributed by atoms with E-state index < -0.39 is 41.3 Å². The van der Waals surface area contributed by atoms with Crippen LogP contribution < -0.4 is 15.5 Å². The fourth-order valence-electron chi connectivity index (χ4n) is 3.54. The first kappa shape index (κ1) is 22.8. The van der Waals surface area contributed by atoms with Crippen molar-refractivity contribution >= 4 is 34.9 Å². The SMILES string of the molecule is Cc1cc(C(F)(F)F)cc(N2C[C@@H](C(N)=O)C[C@H]2C(=O)N(C)c2ccc(F)c(Cl)c2)n1. The Bertz CT molecular complexity index is 1030. The predicted octanol–water partition coefficient (Wildman–Crippen LogP) is 3.54. The number of nitrogens with zero attached hydrogens (tertiary/aromatic N) is 3. The number of primary amides is 1. The van der Waals surface area contributed by atoms with Crippen LogP contribution in [0.5, 0.6) is 0 Å². The van der Waals surface area contributed by atoms with Gasteiger partial charge in [0.15, 0.2) is 0 Å². The predicted molar refractivity (Wildman–Crippen MR) is 107 cm³/mol. The molecule has 0 spiro atoms. The molecule has 1 aromatic carbocycles. The summed E-state index contributed by atoms with van der Waals surface area (Å²) in [6, 6.07) is 4.43. The van der Waals surface area contributed by atoms with Crippen LogP contribution in [-0.4, -0.2) is 36.4 Å². The largest absolute Gasteiger partial charge is 0.416 e. The molecule has 3 rings (SSSR count). The van der Waals surface area contributed by atoms with E-state index >= 15 is 0 Å². The van der Waals surface area contributed by atoms with Gasteiger partial charge >= 0.3 is 6.18 Å². The van der Waals surface area contributed by atoms with E-state index in [1.807, 2.05) is 0 Å². The fourth-order valence-corrected chi connectivity index (χ4v) is 3.71. The third-order valence-corrected chi connectivity index (χ3v) is 5.46. The van der Waals surface area contributed by atoms with Crippen LogP contribution in [0.25, 0.3) is 0 Å². The van der Waals surface area contributed by atoms with Crippen LogP contribution in [0.2, 0.25) is 5.02 Å². The number of halogens is 5. The zero-order valence-corrected chi connectivity index (χ0v) is 17.3. The molecule has 1 aromatic heterocycles. The maximum Gasteiger partial charge on any atom is 0.416 e. The van der Waals surface area contributed by atoms with E-state index in [0.29, 0.717) is 0 Å². The van der Waals surface area contributed by atoms with Gasteiger partial charge in [-0.25, -0.2) is 9.37 Å². The Morgan fingerprint density at radius 2 is 1.94 bits per heavy atom. The second-order valence-electron chi connectivity index (χ2n) is 7.35. The van der Waals surface area contributed by atoms with Crippen LogP contribution >= 0.6 is 11.6 Å². The first-order valence-corrected chi connectivity index (χ1v) is 9.60. The number of likely N-dealkylation sites (N-methyl/N-ethyl adjacent to an activating group) is 1. The van der Waals surface area contributed by atoms with Gasteiger partial charge in [-0.2, -0.15) is 13.2 Å². The molecule has 1 aliphatic heterocycles. The summed E-state index contributed by atoms with van der Waals surface area (Å²) in [5.41, 5.74) is 4.88. The summed E-state index contributed by atoms with van der Waals surface area (Å²) in [6.07, 6.45) is -4.60. The monoisotopic (exact) mass is 458 g/mol. The molecule has 0 unspecified atom stereocenters. The van der Waals surface area contributed by atoms with E-state index in [9.17, 15) is 27.2 Å². The highest BCUT2D eigenvalue weighted by atomic mass is 35.5. The van der Waals surface area contributed by atoms with Crippen LogP contribution in [0.15, 0.2) is 30.3 Å². The van der Waals surface area contributed by atoms with Gasteiger partial charge in [0.05, 0.1) is 16.5 Å². The van der Waals surface area contributed by atoms with Gasteiger partial charge in [0, 0.05) is 25.0 Å². The first-order chi connectivity index (χ1) is 14.4. The van der Waals surface area contributed by atoms with Crippen LogP contribution in [0, 0.1) is 18.7 Å². The molecule has 2 heterocycles. The average Bonchev–Trinajstić information content (AvgIpc) is 3.13. The Hall–Kier alpha value is -2.88. The van der Waals surface area contributed by atoms with Crippen molar-refractivity contribution in [1.82, 2.24) is 4.98 Å². The smallest absolute Gasteiger partial charge is 0.369 e. The molecule has 0 aliphatic carbocycles. The lowest BCUT2D eigenvalue weighted by Gasteiger charge is -2.29. The standard InChI is InChI=1S/C20H19ClF4N4O2/c1-10-5-12(20(23,24)25)7-17(27-10)29-9-11(18(26)30)6-16(29)19(31)28(2)13-3-4-15(22)14(21)8-13/h3-5,7-8,11,16H,6,9H2,1-2H3,(H2,26,30)/t11-,16-/m0/s1. The molecule has 2 atom stereocenters. The summed E-state index contributed by atoms with van der Waals surface area (Å²) in [7, 11) is 1.42. The highest BCUT2D eigenvalue weighted by Crippen LogP contribution is 2.35. The van der Waals surface area contributed by atoms with Crippen LogP contribution in [0.4, 0.5) is 29.1 Å². The van der Waals surface area contributed by atoms with Gasteiger partial charge in [-0.15, -0.1) is 0 Å². The number of aryl methyl sites for hydroxylation is 1. The van der Waals surface area contributed by atoms with Gasteiger partial charge in [0.1, 0.15) is 17.7 Å². The molecule has 0 bridgehead atoms. The Balaban J connectivity index is 1.99. The summed E-state index contributed by atoms with van der Waals surface area (Å²) in [4.78, 5) is 31.7. The molecule has 1 fully saturated rings. The molecule has 1 saturated heterocycles. The van der Waals surface area contributed by atoms with Crippen molar-refractivity contribution in [3.63, 3.8) is 0 Å². The lowest BCUT2D eigenvalue weighted by molar-refractivity contribution is -0.137. The van der Waals surface area contributed by atoms with Crippen molar-refractivity contribution in [1.29, 1.82) is 0 Å². The number of carbonyl (C=O) groups is 2. The molecule has 11 heteroatoms. The highest BCUT2D eigenvalue weighted by molar-refractivity contribution is 6.31. The molecule has 2 amide bonds. The lowest BCUT2D eigenvalue weighted by Crippen LogP contribution is -2.44. The minimum Gasteiger partial charge on any atom is -0.369 e. The first-order valence-electron chi connectivity index (χ1n) is 9.23. The van der Waals surface area contributed by atoms with Gasteiger partial charge in [-0.3, -0.25) is 9.59 Å². The lowest BCUT2D eigenvalue weighted by atomic mass is 10.0. The molecule has 2 N–H and O–H groups in total. The zero-order chi connectivity index (χ0) is 23.1. The Labute approximate surface area is 180 Å². The number of hydrogen-bond donors (Lipinski definition) is 1. The number of amides is 2. The van der Waals surface area contributed by atoms with Crippen molar-refractivity contribution in [2.75, 3.05) is 23.4 Å². The average molecular weight is 459 g/mol. The van der Waals surface area contributed by atoms with E-state index in [0.717, 1.165) is 18.2 Å². The van der Waals surface area contributed by atoms with Crippen LogP contribution in [0.1, 0.15) is 17.7 Å². The summed E-state index contributed by atoms with van der Waals surface area (Å²) in [5, 5.41) is -0.189. The Kier molecular flexibility index (Phi) is 6.13. The fraction of sp³-hybridized carbons (Fsp3) is 0.350. The number of carbonyl (C=O) groups excluding carboxylic acids is 2. The van der Waals surface area contributed by atoms with Gasteiger partial charge in [-0.1, -0.05) is 11.6 Å². The maximum absolute atomic E-state index is 13.5. The van der Waals surface area contributed by atoms with Gasteiger partial charge < -0.3 is 15.5 Å². The van der Waals surface area contributed by atoms with E-state index in [-0.39, 0.29) is 35.2 Å². The highest BCUT2D eigenvalue weighted by Gasteiger charge is 2.42. The number of rotatable bonds is 4. The molecule has 6 nitrogen and oxygen atoms in total. The zero-order valence-electron chi connectivity index (χ0n) is 16.6. The Morgan fingerprint density at radius 3 is 2.52 bits per heavy atom. The number of hydrogen-bond acceptors (Lipinski definition) is 4. The third-order valence-electron chi connectivity index (χ3n) is 5.17. The quantitative estimate of drug-likeness (QED) is 0.711. The molecule has 1 aliphatic rings. The molecular weight excluding hydrogens is 440 g/mol. The van der Waals surface area contributed by atoms with E-state index in [2.05, 4.69) is 4.98 Å². The van der Waals surface area contributed by atoms with Crippen molar-refractivity contribution in [2.24, 2.45) is 11.7 Å². The minimum atomic E-state index is -4.60. The number of benzene rings is 1. The molecule has 166 valence electrons. The molecular formula is C20H19ClF4N4O2. The number of alkyl halides is 3. The second kappa shape index (κ2) is 8.33. The van der Waals surface area contributed by atoms with Crippen molar-refractivity contribution in [2.45, 2.75) is 25.6 Å². The maximum atomic E-state index is 13.5. The number of aromatic nitrogens is 1. The third kappa shape index (κ3) is 4.73. The topological polar surface area (TPSA) is 79.5 Å². The van der Waals surface area contributed by atoms with E-state index in [1.165, 1.54) is 35.9 Å². The summed E-state index contributed by atoms with van der Waals surface area (Å²) >= 11 is 5.79. The molecule has 0 saturated carbocycles. The van der Waals surface area contributed by atoms with Crippen molar-refractivity contribution < 1.29 is 27.2 Å². The normalized spacial score (nSPS) is 18.9. The van der Waals surface area contributed by atoms with Gasteiger partial charge in [0.25, 0.3) is 0 Å².